The first-order valence-corrected chi connectivity index (χ1v) is 15.4. The molecular formula is C34H43ClN2O6. The van der Waals surface area contributed by atoms with Crippen LogP contribution in [0.15, 0.2) is 61.7 Å². The van der Waals surface area contributed by atoms with Gasteiger partial charge in [-0.1, -0.05) is 35.9 Å². The molecular weight excluding hydrogens is 568 g/mol. The van der Waals surface area contributed by atoms with E-state index in [2.05, 4.69) is 23.4 Å². The molecule has 1 fully saturated rings. The van der Waals surface area contributed by atoms with Gasteiger partial charge in [-0.05, 0) is 91.3 Å². The SMILES string of the molecule is C=CCCNC(=O)CC(O)(C(=O)OC)c1ccc2c(c1)N(C[C@@H]1CC[C@H]1[C@@H](O)C=C)CCCCc1cc(Cl)ccc1CO2. The number of fused-ring (bicyclic) bond motifs is 2. The molecule has 0 bridgehead atoms. The van der Waals surface area contributed by atoms with E-state index >= 15 is 0 Å². The standard InChI is InChI=1S/C34H43ClN2O6/c1-4-6-16-36-32(39)20-34(41,33(40)42-3)26-12-15-31-29(19-26)37(21-24-11-14-28(24)30(38)5-2)17-8-7-9-23-18-27(35)13-10-25(23)22-43-31/h4-5,10,12-13,15,18-19,24,28,30,38,41H,1-2,6-9,11,14,16-17,20-22H2,3H3,(H,36,39)/t24-,28+,30-,34?/m0/s1. The van der Waals surface area contributed by atoms with E-state index in [1.54, 1.807) is 30.4 Å². The number of benzene rings is 2. The molecule has 0 saturated heterocycles. The number of amides is 1. The van der Waals surface area contributed by atoms with Crippen molar-refractivity contribution < 1.29 is 29.3 Å². The molecule has 232 valence electrons. The number of rotatable bonds is 11. The average Bonchev–Trinajstić information content (AvgIpc) is 3.01. The molecule has 1 saturated carbocycles. The lowest BCUT2D eigenvalue weighted by Crippen LogP contribution is -2.44. The summed E-state index contributed by atoms with van der Waals surface area (Å²) in [6.45, 7) is 9.45. The molecule has 4 atom stereocenters. The van der Waals surface area contributed by atoms with Crippen molar-refractivity contribution >= 4 is 29.2 Å². The number of aliphatic hydroxyl groups is 2. The Balaban J connectivity index is 1.73. The van der Waals surface area contributed by atoms with Crippen molar-refractivity contribution in [3.63, 3.8) is 0 Å². The highest BCUT2D eigenvalue weighted by molar-refractivity contribution is 6.30. The highest BCUT2D eigenvalue weighted by Gasteiger charge is 2.43. The number of aryl methyl sites for hydroxylation is 1. The summed E-state index contributed by atoms with van der Waals surface area (Å²) in [6.07, 6.45) is 7.33. The van der Waals surface area contributed by atoms with Crippen LogP contribution in [-0.4, -0.2) is 54.9 Å². The second-order valence-corrected chi connectivity index (χ2v) is 11.9. The second kappa shape index (κ2) is 14.9. The van der Waals surface area contributed by atoms with Crippen LogP contribution < -0.4 is 15.0 Å². The van der Waals surface area contributed by atoms with Gasteiger partial charge in [0.1, 0.15) is 12.4 Å². The summed E-state index contributed by atoms with van der Waals surface area (Å²) in [7, 11) is 1.19. The Hall–Kier alpha value is -3.33. The molecule has 1 unspecified atom stereocenters. The van der Waals surface area contributed by atoms with E-state index in [9.17, 15) is 19.8 Å². The third-order valence-electron chi connectivity index (χ3n) is 8.67. The van der Waals surface area contributed by atoms with Crippen molar-refractivity contribution in [2.45, 2.75) is 63.3 Å². The summed E-state index contributed by atoms with van der Waals surface area (Å²) in [5, 5.41) is 25.6. The zero-order chi connectivity index (χ0) is 31.0. The lowest BCUT2D eigenvalue weighted by molar-refractivity contribution is -0.166. The molecule has 1 amide bonds. The minimum atomic E-state index is -2.21. The molecule has 2 aliphatic rings. The van der Waals surface area contributed by atoms with Crippen molar-refractivity contribution in [3.05, 3.63) is 83.4 Å². The Kier molecular flexibility index (Phi) is 11.3. The largest absolute Gasteiger partial charge is 0.487 e. The van der Waals surface area contributed by atoms with Crippen molar-refractivity contribution in [1.29, 1.82) is 0 Å². The number of hydrogen-bond acceptors (Lipinski definition) is 7. The summed E-state index contributed by atoms with van der Waals surface area (Å²) in [6, 6.07) is 10.9. The van der Waals surface area contributed by atoms with Crippen LogP contribution in [0, 0.1) is 11.8 Å². The first-order chi connectivity index (χ1) is 20.7. The van der Waals surface area contributed by atoms with Crippen LogP contribution in [0.2, 0.25) is 5.02 Å². The van der Waals surface area contributed by atoms with Gasteiger partial charge in [0.2, 0.25) is 5.91 Å². The van der Waals surface area contributed by atoms with Crippen LogP contribution in [0.1, 0.15) is 55.2 Å². The molecule has 2 aromatic carbocycles. The Morgan fingerprint density at radius 1 is 1.21 bits per heavy atom. The van der Waals surface area contributed by atoms with Crippen LogP contribution >= 0.6 is 11.6 Å². The minimum absolute atomic E-state index is 0.112. The number of nitrogens with one attached hydrogen (secondary N) is 1. The number of ether oxygens (including phenoxy) is 2. The molecule has 4 rings (SSSR count). The molecule has 1 aliphatic heterocycles. The van der Waals surface area contributed by atoms with Crippen molar-refractivity contribution in [1.82, 2.24) is 5.32 Å². The maximum Gasteiger partial charge on any atom is 0.343 e. The predicted molar refractivity (Wildman–Crippen MR) is 168 cm³/mol. The summed E-state index contributed by atoms with van der Waals surface area (Å²) >= 11 is 6.31. The average molecular weight is 611 g/mol. The molecule has 3 N–H and O–H groups in total. The van der Waals surface area contributed by atoms with Gasteiger partial charge < -0.3 is 29.9 Å². The van der Waals surface area contributed by atoms with Gasteiger partial charge in [-0.25, -0.2) is 4.79 Å². The van der Waals surface area contributed by atoms with Crippen molar-refractivity contribution in [3.8, 4) is 5.75 Å². The Labute approximate surface area is 259 Å². The fourth-order valence-corrected chi connectivity index (χ4v) is 6.19. The third-order valence-corrected chi connectivity index (χ3v) is 8.91. The molecule has 43 heavy (non-hydrogen) atoms. The van der Waals surface area contributed by atoms with Crippen LogP contribution in [0.25, 0.3) is 0 Å². The van der Waals surface area contributed by atoms with E-state index in [-0.39, 0.29) is 17.4 Å². The van der Waals surface area contributed by atoms with E-state index in [0.717, 1.165) is 43.2 Å². The number of carbonyl (C=O) groups is 2. The van der Waals surface area contributed by atoms with E-state index < -0.39 is 30.0 Å². The number of aliphatic hydroxyl groups excluding tert-OH is 1. The normalized spacial score (nSPS) is 20.4. The minimum Gasteiger partial charge on any atom is -0.487 e. The topological polar surface area (TPSA) is 108 Å². The van der Waals surface area contributed by atoms with Gasteiger partial charge >= 0.3 is 5.97 Å². The summed E-state index contributed by atoms with van der Waals surface area (Å²) in [5.74, 6) is -0.462. The van der Waals surface area contributed by atoms with Crippen LogP contribution in [0.3, 0.4) is 0 Å². The fourth-order valence-electron chi connectivity index (χ4n) is 5.99. The van der Waals surface area contributed by atoms with Crippen molar-refractivity contribution in [2.75, 3.05) is 31.6 Å². The zero-order valence-electron chi connectivity index (χ0n) is 24.9. The molecule has 2 aromatic rings. The zero-order valence-corrected chi connectivity index (χ0v) is 25.7. The molecule has 0 radical (unpaired) electrons. The van der Waals surface area contributed by atoms with Gasteiger partial charge in [0.25, 0.3) is 0 Å². The summed E-state index contributed by atoms with van der Waals surface area (Å²) < 4.78 is 11.4. The Morgan fingerprint density at radius 3 is 2.72 bits per heavy atom. The first-order valence-electron chi connectivity index (χ1n) is 15.0. The second-order valence-electron chi connectivity index (χ2n) is 11.5. The quantitative estimate of drug-likeness (QED) is 0.185. The van der Waals surface area contributed by atoms with Gasteiger partial charge in [-0.15, -0.1) is 13.2 Å². The van der Waals surface area contributed by atoms with Crippen LogP contribution in [0.4, 0.5) is 5.69 Å². The van der Waals surface area contributed by atoms with Crippen LogP contribution in [-0.2, 0) is 33.0 Å². The number of halogens is 1. The highest BCUT2D eigenvalue weighted by atomic mass is 35.5. The highest BCUT2D eigenvalue weighted by Crippen LogP contribution is 2.42. The van der Waals surface area contributed by atoms with Gasteiger partial charge in [-0.3, -0.25) is 4.79 Å². The smallest absolute Gasteiger partial charge is 0.343 e. The lowest BCUT2D eigenvalue weighted by Gasteiger charge is -2.42. The first kappa shape index (κ1) is 32.6. The molecule has 8 nitrogen and oxygen atoms in total. The van der Waals surface area contributed by atoms with Gasteiger partial charge in [0, 0.05) is 24.7 Å². The van der Waals surface area contributed by atoms with E-state index in [1.165, 1.54) is 7.11 Å². The summed E-state index contributed by atoms with van der Waals surface area (Å²) in [5.41, 5.74) is 0.937. The number of methoxy groups -OCH3 is 1. The van der Waals surface area contributed by atoms with Crippen LogP contribution in [0.5, 0.6) is 5.75 Å². The molecule has 9 heteroatoms. The van der Waals surface area contributed by atoms with Gasteiger partial charge in [0.15, 0.2) is 5.60 Å². The molecule has 0 spiro atoms. The number of hydrogen-bond donors (Lipinski definition) is 3. The monoisotopic (exact) mass is 610 g/mol. The predicted octanol–water partition coefficient (Wildman–Crippen LogP) is 5.08. The number of nitrogens with zero attached hydrogens (tertiary/aromatic N) is 1. The van der Waals surface area contributed by atoms with E-state index in [4.69, 9.17) is 21.1 Å². The third kappa shape index (κ3) is 7.80. The molecule has 1 aliphatic carbocycles. The Morgan fingerprint density at radius 2 is 2.02 bits per heavy atom. The maximum atomic E-state index is 13.0. The van der Waals surface area contributed by atoms with Crippen molar-refractivity contribution in [2.24, 2.45) is 11.8 Å². The number of carbonyl (C=O) groups excluding carboxylic acids is 2. The Bertz CT molecular complexity index is 1320. The van der Waals surface area contributed by atoms with E-state index in [1.807, 2.05) is 18.2 Å². The lowest BCUT2D eigenvalue weighted by atomic mass is 9.70. The van der Waals surface area contributed by atoms with Gasteiger partial charge in [-0.2, -0.15) is 0 Å². The van der Waals surface area contributed by atoms with E-state index in [0.29, 0.717) is 49.1 Å². The number of anilines is 1. The molecule has 1 heterocycles. The summed E-state index contributed by atoms with van der Waals surface area (Å²) in [4.78, 5) is 28.0. The maximum absolute atomic E-state index is 13.0. The fraction of sp³-hybridized carbons (Fsp3) is 0.471. The van der Waals surface area contributed by atoms with Gasteiger partial charge in [0.05, 0.1) is 25.3 Å². The molecule has 0 aromatic heterocycles. The number of esters is 1.